The predicted octanol–water partition coefficient (Wildman–Crippen LogP) is 3.48. The molecule has 1 N–H and O–H groups in total. The minimum atomic E-state index is 0.0880. The van der Waals surface area contributed by atoms with Crippen LogP contribution in [0.25, 0.3) is 0 Å². The van der Waals surface area contributed by atoms with Crippen molar-refractivity contribution in [2.75, 3.05) is 7.11 Å². The fourth-order valence-corrected chi connectivity index (χ4v) is 1.90. The molecular weight excluding hydrogens is 238 g/mol. The Kier molecular flexibility index (Phi) is 5.87. The van der Waals surface area contributed by atoms with Gasteiger partial charge in [0.2, 0.25) is 5.91 Å². The number of amides is 1. The van der Waals surface area contributed by atoms with Crippen LogP contribution in [0.5, 0.6) is 5.75 Å². The van der Waals surface area contributed by atoms with Gasteiger partial charge >= 0.3 is 0 Å². The first-order valence-corrected chi connectivity index (χ1v) is 6.87. The van der Waals surface area contributed by atoms with Crippen molar-refractivity contribution in [1.82, 2.24) is 5.32 Å². The molecule has 0 unspecified atom stereocenters. The van der Waals surface area contributed by atoms with Crippen LogP contribution in [0, 0.1) is 5.92 Å². The highest BCUT2D eigenvalue weighted by molar-refractivity contribution is 5.76. The van der Waals surface area contributed by atoms with Crippen LogP contribution in [0.15, 0.2) is 18.2 Å². The summed E-state index contributed by atoms with van der Waals surface area (Å²) in [5, 5.41) is 2.93. The molecule has 0 heterocycles. The summed E-state index contributed by atoms with van der Waals surface area (Å²) in [6.07, 6.45) is 0.562. The van der Waals surface area contributed by atoms with Crippen molar-refractivity contribution >= 4 is 5.91 Å². The van der Waals surface area contributed by atoms with Crippen molar-refractivity contribution in [2.24, 2.45) is 5.92 Å². The molecule has 0 aromatic heterocycles. The van der Waals surface area contributed by atoms with Crippen LogP contribution in [0.2, 0.25) is 0 Å². The van der Waals surface area contributed by atoms with Gasteiger partial charge in [-0.05, 0) is 23.5 Å². The van der Waals surface area contributed by atoms with E-state index in [1.54, 1.807) is 7.11 Å². The molecule has 0 fully saturated rings. The van der Waals surface area contributed by atoms with Crippen LogP contribution < -0.4 is 10.1 Å². The van der Waals surface area contributed by atoms with Gasteiger partial charge in [0.15, 0.2) is 0 Å². The largest absolute Gasteiger partial charge is 0.496 e. The number of methoxy groups -OCH3 is 1. The third-order valence-corrected chi connectivity index (χ3v) is 3.05. The molecule has 0 saturated carbocycles. The minimum absolute atomic E-state index is 0.0880. The van der Waals surface area contributed by atoms with Gasteiger partial charge < -0.3 is 10.1 Å². The van der Waals surface area contributed by atoms with Gasteiger partial charge in [-0.3, -0.25) is 4.79 Å². The van der Waals surface area contributed by atoms with Crippen LogP contribution in [-0.4, -0.2) is 13.0 Å². The number of rotatable bonds is 6. The lowest BCUT2D eigenvalue weighted by Gasteiger charge is -2.13. The summed E-state index contributed by atoms with van der Waals surface area (Å²) in [5.41, 5.74) is 2.26. The van der Waals surface area contributed by atoms with Crippen molar-refractivity contribution in [1.29, 1.82) is 0 Å². The minimum Gasteiger partial charge on any atom is -0.496 e. The molecule has 106 valence electrons. The highest BCUT2D eigenvalue weighted by Gasteiger charge is 2.09. The second-order valence-electron chi connectivity index (χ2n) is 5.60. The van der Waals surface area contributed by atoms with Crippen LogP contribution in [0.1, 0.15) is 51.2 Å². The van der Waals surface area contributed by atoms with Crippen molar-refractivity contribution in [2.45, 2.75) is 46.6 Å². The van der Waals surface area contributed by atoms with Gasteiger partial charge in [0.05, 0.1) is 7.11 Å². The molecule has 0 aliphatic rings. The molecule has 1 rings (SSSR count). The lowest BCUT2D eigenvalue weighted by Crippen LogP contribution is -2.24. The van der Waals surface area contributed by atoms with E-state index >= 15 is 0 Å². The van der Waals surface area contributed by atoms with Gasteiger partial charge in [-0.15, -0.1) is 0 Å². The quantitative estimate of drug-likeness (QED) is 0.853. The molecule has 0 bridgehead atoms. The SMILES string of the molecule is COc1cc(C(C)C)ccc1CNC(=O)CC(C)C. The number of hydrogen-bond acceptors (Lipinski definition) is 2. The molecule has 0 radical (unpaired) electrons. The first-order chi connectivity index (χ1) is 8.93. The topological polar surface area (TPSA) is 38.3 Å². The zero-order valence-electron chi connectivity index (χ0n) is 12.6. The van der Waals surface area contributed by atoms with Gasteiger partial charge in [0.25, 0.3) is 0 Å². The van der Waals surface area contributed by atoms with Crippen molar-refractivity contribution in [3.05, 3.63) is 29.3 Å². The lowest BCUT2D eigenvalue weighted by atomic mass is 10.0. The molecular formula is C16H25NO2. The van der Waals surface area contributed by atoms with Gasteiger partial charge in [0.1, 0.15) is 5.75 Å². The first-order valence-electron chi connectivity index (χ1n) is 6.87. The molecule has 3 heteroatoms. The molecule has 0 aliphatic heterocycles. The number of hydrogen-bond donors (Lipinski definition) is 1. The Morgan fingerprint density at radius 2 is 1.95 bits per heavy atom. The van der Waals surface area contributed by atoms with E-state index in [4.69, 9.17) is 4.74 Å². The maximum absolute atomic E-state index is 11.6. The smallest absolute Gasteiger partial charge is 0.220 e. The highest BCUT2D eigenvalue weighted by Crippen LogP contribution is 2.24. The molecule has 0 spiro atoms. The first kappa shape index (κ1) is 15.5. The maximum atomic E-state index is 11.6. The third kappa shape index (κ3) is 4.93. The Morgan fingerprint density at radius 1 is 1.26 bits per heavy atom. The Balaban J connectivity index is 2.70. The average Bonchev–Trinajstić information content (AvgIpc) is 2.35. The molecule has 0 aliphatic carbocycles. The van der Waals surface area contributed by atoms with Crippen LogP contribution >= 0.6 is 0 Å². The van der Waals surface area contributed by atoms with Gasteiger partial charge in [0, 0.05) is 18.5 Å². The predicted molar refractivity (Wildman–Crippen MR) is 78.4 cm³/mol. The van der Waals surface area contributed by atoms with Crippen LogP contribution in [0.4, 0.5) is 0 Å². The lowest BCUT2D eigenvalue weighted by molar-refractivity contribution is -0.121. The van der Waals surface area contributed by atoms with Crippen LogP contribution in [-0.2, 0) is 11.3 Å². The van der Waals surface area contributed by atoms with E-state index in [2.05, 4.69) is 31.3 Å². The third-order valence-electron chi connectivity index (χ3n) is 3.05. The molecule has 1 aromatic rings. The van der Waals surface area contributed by atoms with E-state index in [1.165, 1.54) is 5.56 Å². The molecule has 1 aromatic carbocycles. The van der Waals surface area contributed by atoms with Crippen molar-refractivity contribution in [3.8, 4) is 5.75 Å². The molecule has 0 saturated heterocycles. The summed E-state index contributed by atoms with van der Waals surface area (Å²) in [5.74, 6) is 1.78. The Hall–Kier alpha value is -1.51. The number of ether oxygens (including phenoxy) is 1. The van der Waals surface area contributed by atoms with E-state index in [-0.39, 0.29) is 5.91 Å². The van der Waals surface area contributed by atoms with Gasteiger partial charge in [-0.25, -0.2) is 0 Å². The average molecular weight is 263 g/mol. The van der Waals surface area contributed by atoms with Gasteiger partial charge in [-0.1, -0.05) is 39.8 Å². The zero-order valence-corrected chi connectivity index (χ0v) is 12.6. The second kappa shape index (κ2) is 7.17. The standard InChI is InChI=1S/C16H25NO2/c1-11(2)8-16(18)17-10-14-7-6-13(12(3)4)9-15(14)19-5/h6-7,9,11-12H,8,10H2,1-5H3,(H,17,18). The molecule has 0 atom stereocenters. The summed E-state index contributed by atoms with van der Waals surface area (Å²) < 4.78 is 5.40. The molecule has 3 nitrogen and oxygen atoms in total. The monoisotopic (exact) mass is 263 g/mol. The summed E-state index contributed by atoms with van der Waals surface area (Å²) in [4.78, 5) is 11.6. The van der Waals surface area contributed by atoms with E-state index in [0.29, 0.717) is 24.8 Å². The fraction of sp³-hybridized carbons (Fsp3) is 0.562. The normalized spacial score (nSPS) is 10.9. The number of nitrogens with one attached hydrogen (secondary N) is 1. The van der Waals surface area contributed by atoms with Crippen molar-refractivity contribution in [3.63, 3.8) is 0 Å². The van der Waals surface area contributed by atoms with E-state index in [9.17, 15) is 4.79 Å². The summed E-state index contributed by atoms with van der Waals surface area (Å²) in [6.45, 7) is 8.90. The summed E-state index contributed by atoms with van der Waals surface area (Å²) in [6, 6.07) is 6.18. The molecule has 19 heavy (non-hydrogen) atoms. The number of benzene rings is 1. The Morgan fingerprint density at radius 3 is 2.47 bits per heavy atom. The summed E-state index contributed by atoms with van der Waals surface area (Å²) in [7, 11) is 1.67. The molecule has 1 amide bonds. The number of carbonyl (C=O) groups is 1. The maximum Gasteiger partial charge on any atom is 0.220 e. The van der Waals surface area contributed by atoms with E-state index in [0.717, 1.165) is 11.3 Å². The van der Waals surface area contributed by atoms with Crippen molar-refractivity contribution < 1.29 is 9.53 Å². The number of carbonyl (C=O) groups excluding carboxylic acids is 1. The second-order valence-corrected chi connectivity index (χ2v) is 5.60. The van der Waals surface area contributed by atoms with Crippen LogP contribution in [0.3, 0.4) is 0 Å². The highest BCUT2D eigenvalue weighted by atomic mass is 16.5. The van der Waals surface area contributed by atoms with Gasteiger partial charge in [-0.2, -0.15) is 0 Å². The van der Waals surface area contributed by atoms with E-state index in [1.807, 2.05) is 19.9 Å². The Bertz CT molecular complexity index is 425. The summed E-state index contributed by atoms with van der Waals surface area (Å²) >= 11 is 0. The fourth-order valence-electron chi connectivity index (χ4n) is 1.90. The van der Waals surface area contributed by atoms with E-state index < -0.39 is 0 Å². The zero-order chi connectivity index (χ0) is 14.4. The Labute approximate surface area is 116 Å².